The first-order valence-corrected chi connectivity index (χ1v) is 7.28. The van der Waals surface area contributed by atoms with Crippen molar-refractivity contribution in [3.05, 3.63) is 76.7 Å². The molecule has 0 amide bonds. The van der Waals surface area contributed by atoms with Crippen LogP contribution < -0.4 is 0 Å². The van der Waals surface area contributed by atoms with Crippen LogP contribution in [0.15, 0.2) is 75.7 Å². The third kappa shape index (κ3) is 3.16. The van der Waals surface area contributed by atoms with Crippen molar-refractivity contribution in [1.82, 2.24) is 4.98 Å². The van der Waals surface area contributed by atoms with E-state index in [0.29, 0.717) is 0 Å². The van der Waals surface area contributed by atoms with Crippen LogP contribution in [0.1, 0.15) is 11.3 Å². The van der Waals surface area contributed by atoms with Crippen LogP contribution in [0.25, 0.3) is 0 Å². The molecule has 0 bridgehead atoms. The maximum Gasteiger partial charge on any atom is 0.0892 e. The summed E-state index contributed by atoms with van der Waals surface area (Å²) in [6.07, 6.45) is 0.785. The summed E-state index contributed by atoms with van der Waals surface area (Å²) < 4.78 is 0. The van der Waals surface area contributed by atoms with E-state index in [1.807, 2.05) is 54.0 Å². The van der Waals surface area contributed by atoms with Crippen LogP contribution in [-0.4, -0.2) is 4.98 Å². The zero-order valence-electron chi connectivity index (χ0n) is 10.8. The van der Waals surface area contributed by atoms with Crippen LogP contribution >= 0.6 is 11.3 Å². The van der Waals surface area contributed by atoms with Crippen LogP contribution in [0.5, 0.6) is 0 Å². The van der Waals surface area contributed by atoms with Crippen molar-refractivity contribution >= 4 is 22.7 Å². The summed E-state index contributed by atoms with van der Waals surface area (Å²) in [5, 5.41) is 10.7. The lowest BCUT2D eigenvalue weighted by Crippen LogP contribution is -1.88. The lowest BCUT2D eigenvalue weighted by molar-refractivity contribution is 1.09. The van der Waals surface area contributed by atoms with Crippen molar-refractivity contribution in [1.29, 1.82) is 0 Å². The topological polar surface area (TPSA) is 37.6 Å². The predicted molar refractivity (Wildman–Crippen MR) is 82.0 cm³/mol. The smallest absolute Gasteiger partial charge is 0.0892 e. The number of thiazole rings is 1. The maximum absolute atomic E-state index is 4.36. The predicted octanol–water partition coefficient (Wildman–Crippen LogP) is 5.15. The van der Waals surface area contributed by atoms with Crippen molar-refractivity contribution in [2.24, 2.45) is 10.2 Å². The average molecular weight is 279 g/mol. The SMILES string of the molecule is c1ccc(N=Nc2ccccc2Cc2cscn2)cc1. The molecule has 1 aromatic heterocycles. The van der Waals surface area contributed by atoms with E-state index in [1.54, 1.807) is 11.3 Å². The Labute approximate surface area is 121 Å². The van der Waals surface area contributed by atoms with E-state index in [1.165, 1.54) is 0 Å². The molecule has 0 atom stereocenters. The molecule has 20 heavy (non-hydrogen) atoms. The minimum Gasteiger partial charge on any atom is -0.249 e. The number of hydrogen-bond acceptors (Lipinski definition) is 4. The fraction of sp³-hybridized carbons (Fsp3) is 0.0625. The zero-order chi connectivity index (χ0) is 13.6. The summed E-state index contributed by atoms with van der Waals surface area (Å²) in [6, 6.07) is 17.8. The largest absolute Gasteiger partial charge is 0.249 e. The van der Waals surface area contributed by atoms with Gasteiger partial charge in [0.1, 0.15) is 0 Å². The molecule has 98 valence electrons. The molecule has 0 fully saturated rings. The molecule has 3 nitrogen and oxygen atoms in total. The first-order valence-electron chi connectivity index (χ1n) is 6.33. The van der Waals surface area contributed by atoms with Gasteiger partial charge in [-0.1, -0.05) is 36.4 Å². The van der Waals surface area contributed by atoms with Gasteiger partial charge in [-0.15, -0.1) is 11.3 Å². The number of rotatable bonds is 4. The van der Waals surface area contributed by atoms with Gasteiger partial charge in [0, 0.05) is 11.8 Å². The van der Waals surface area contributed by atoms with E-state index in [9.17, 15) is 0 Å². The molecule has 3 aromatic rings. The Hall–Kier alpha value is -2.33. The van der Waals surface area contributed by atoms with Crippen molar-refractivity contribution in [2.75, 3.05) is 0 Å². The first kappa shape index (κ1) is 12.7. The fourth-order valence-electron chi connectivity index (χ4n) is 1.88. The summed E-state index contributed by atoms with van der Waals surface area (Å²) in [7, 11) is 0. The van der Waals surface area contributed by atoms with Crippen LogP contribution in [0, 0.1) is 0 Å². The van der Waals surface area contributed by atoms with Crippen molar-refractivity contribution in [3.8, 4) is 0 Å². The molecule has 0 N–H and O–H groups in total. The minimum absolute atomic E-state index is 0.785. The highest BCUT2D eigenvalue weighted by Gasteiger charge is 2.03. The molecule has 0 aliphatic carbocycles. The fourth-order valence-corrected chi connectivity index (χ4v) is 2.44. The van der Waals surface area contributed by atoms with Gasteiger partial charge in [0.2, 0.25) is 0 Å². The molecule has 0 radical (unpaired) electrons. The van der Waals surface area contributed by atoms with Gasteiger partial charge < -0.3 is 0 Å². The number of nitrogens with zero attached hydrogens (tertiary/aromatic N) is 3. The quantitative estimate of drug-likeness (QED) is 0.608. The second-order valence-corrected chi connectivity index (χ2v) is 5.04. The van der Waals surface area contributed by atoms with Gasteiger partial charge in [-0.25, -0.2) is 4.98 Å². The highest BCUT2D eigenvalue weighted by molar-refractivity contribution is 7.07. The van der Waals surface area contributed by atoms with Gasteiger partial charge in [0.15, 0.2) is 0 Å². The minimum atomic E-state index is 0.785. The Kier molecular flexibility index (Phi) is 3.94. The first-order chi connectivity index (χ1) is 9.92. The molecular formula is C16H13N3S. The van der Waals surface area contributed by atoms with Gasteiger partial charge in [0.25, 0.3) is 0 Å². The molecule has 0 unspecified atom stereocenters. The summed E-state index contributed by atoms with van der Waals surface area (Å²) in [5.41, 5.74) is 5.81. The molecule has 0 saturated heterocycles. The van der Waals surface area contributed by atoms with E-state index in [-0.39, 0.29) is 0 Å². The molecule has 2 aromatic carbocycles. The normalized spacial score (nSPS) is 11.0. The molecule has 3 rings (SSSR count). The zero-order valence-corrected chi connectivity index (χ0v) is 11.6. The summed E-state index contributed by atoms with van der Waals surface area (Å²) >= 11 is 1.61. The molecule has 0 spiro atoms. The summed E-state index contributed by atoms with van der Waals surface area (Å²) in [5.74, 6) is 0. The lowest BCUT2D eigenvalue weighted by atomic mass is 10.1. The van der Waals surface area contributed by atoms with Crippen LogP contribution in [-0.2, 0) is 6.42 Å². The Bertz CT molecular complexity index is 691. The van der Waals surface area contributed by atoms with Gasteiger partial charge in [-0.3, -0.25) is 0 Å². The van der Waals surface area contributed by atoms with Crippen molar-refractivity contribution < 1.29 is 0 Å². The van der Waals surface area contributed by atoms with Crippen molar-refractivity contribution in [3.63, 3.8) is 0 Å². The Morgan fingerprint density at radius 1 is 0.900 bits per heavy atom. The van der Waals surface area contributed by atoms with Crippen LogP contribution in [0.3, 0.4) is 0 Å². The molecule has 0 aliphatic rings. The third-order valence-corrected chi connectivity index (χ3v) is 3.51. The number of hydrogen-bond donors (Lipinski definition) is 0. The van der Waals surface area contributed by atoms with E-state index < -0.39 is 0 Å². The molecule has 0 aliphatic heterocycles. The van der Waals surface area contributed by atoms with Gasteiger partial charge >= 0.3 is 0 Å². The van der Waals surface area contributed by atoms with E-state index in [2.05, 4.69) is 26.7 Å². The van der Waals surface area contributed by atoms with E-state index in [0.717, 1.165) is 29.1 Å². The van der Waals surface area contributed by atoms with Crippen molar-refractivity contribution in [2.45, 2.75) is 6.42 Å². The standard InChI is InChI=1S/C16H13N3S/c1-2-7-14(8-3-1)18-19-16-9-5-4-6-13(16)10-15-11-20-12-17-15/h1-9,11-12H,10H2. The summed E-state index contributed by atoms with van der Waals surface area (Å²) in [6.45, 7) is 0. The van der Waals surface area contributed by atoms with Gasteiger partial charge in [-0.2, -0.15) is 10.2 Å². The van der Waals surface area contributed by atoms with Gasteiger partial charge in [-0.05, 0) is 23.8 Å². The molecule has 1 heterocycles. The third-order valence-electron chi connectivity index (χ3n) is 2.88. The summed E-state index contributed by atoms with van der Waals surface area (Å²) in [4.78, 5) is 4.32. The Morgan fingerprint density at radius 3 is 2.50 bits per heavy atom. The average Bonchev–Trinajstić information content (AvgIpc) is 3.00. The Balaban J connectivity index is 1.84. The number of aromatic nitrogens is 1. The molecular weight excluding hydrogens is 266 g/mol. The second kappa shape index (κ2) is 6.21. The number of azo groups is 1. The monoisotopic (exact) mass is 279 g/mol. The van der Waals surface area contributed by atoms with Crippen LogP contribution in [0.4, 0.5) is 11.4 Å². The highest BCUT2D eigenvalue weighted by Crippen LogP contribution is 2.24. The highest BCUT2D eigenvalue weighted by atomic mass is 32.1. The van der Waals surface area contributed by atoms with Gasteiger partial charge in [0.05, 0.1) is 22.6 Å². The molecule has 4 heteroatoms. The van der Waals surface area contributed by atoms with E-state index in [4.69, 9.17) is 0 Å². The molecule has 0 saturated carbocycles. The Morgan fingerprint density at radius 2 is 1.70 bits per heavy atom. The number of benzene rings is 2. The van der Waals surface area contributed by atoms with E-state index >= 15 is 0 Å². The maximum atomic E-state index is 4.36. The van der Waals surface area contributed by atoms with Crippen LogP contribution in [0.2, 0.25) is 0 Å². The lowest BCUT2D eigenvalue weighted by Gasteiger charge is -2.02. The second-order valence-electron chi connectivity index (χ2n) is 4.32.